The van der Waals surface area contributed by atoms with Crippen molar-refractivity contribution in [2.75, 3.05) is 7.05 Å². The summed E-state index contributed by atoms with van der Waals surface area (Å²) in [6.07, 6.45) is 6.51. The van der Waals surface area contributed by atoms with Gasteiger partial charge in [0.15, 0.2) is 0 Å². The highest BCUT2D eigenvalue weighted by molar-refractivity contribution is 5.70. The summed E-state index contributed by atoms with van der Waals surface area (Å²) in [5.41, 5.74) is 15.6. The second-order valence-electron chi connectivity index (χ2n) is 9.90. The molecule has 1 aliphatic carbocycles. The number of nitrogens with zero attached hydrogens (tertiary/aromatic N) is 1. The van der Waals surface area contributed by atoms with E-state index in [4.69, 9.17) is 11.5 Å². The first-order valence-electron chi connectivity index (χ1n) is 10.4. The maximum Gasteiger partial charge on any atom is 0.125 e. The molecule has 1 aromatic rings. The number of aliphatic hydroxyl groups excluding tert-OH is 1. The van der Waals surface area contributed by atoms with Gasteiger partial charge in [0.2, 0.25) is 0 Å². The zero-order valence-electron chi connectivity index (χ0n) is 18.3. The van der Waals surface area contributed by atoms with E-state index in [1.165, 1.54) is 0 Å². The van der Waals surface area contributed by atoms with Crippen LogP contribution in [0, 0.1) is 0 Å². The topological polar surface area (TPSA) is 108 Å². The molecule has 0 radical (unpaired) electrons. The molecule has 0 bridgehead atoms. The molecule has 1 saturated heterocycles. The Labute approximate surface area is 174 Å². The van der Waals surface area contributed by atoms with Crippen LogP contribution in [0.25, 0.3) is 5.70 Å². The van der Waals surface area contributed by atoms with E-state index in [0.29, 0.717) is 29.5 Å². The predicted molar refractivity (Wildman–Crippen MR) is 118 cm³/mol. The number of benzene rings is 1. The molecule has 160 valence electrons. The zero-order chi connectivity index (χ0) is 21.6. The molecule has 0 aromatic heterocycles. The Bertz CT molecular complexity index is 826. The number of rotatable bonds is 4. The number of fused-ring (bicyclic) bond motifs is 1. The third-order valence-electron chi connectivity index (χ3n) is 6.17. The standard InChI is InChI=1S/C23H36N4O2/c1-22(2)12-15(13-23(3,4)26-22)27(5)21(25)9-7-18(24)17-10-14-6-8-19(28)16(14)11-20(17)29/h7,9-11,15,19,26,28-29H,6,8,12-13,24-25H2,1-5H3/b18-7-,21-9+. The van der Waals surface area contributed by atoms with E-state index >= 15 is 0 Å². The van der Waals surface area contributed by atoms with E-state index in [1.807, 2.05) is 13.1 Å². The van der Waals surface area contributed by atoms with Crippen molar-refractivity contribution in [2.45, 2.75) is 76.6 Å². The normalized spacial score (nSPS) is 24.4. The van der Waals surface area contributed by atoms with Gasteiger partial charge in [-0.15, -0.1) is 0 Å². The second-order valence-corrected chi connectivity index (χ2v) is 9.90. The van der Waals surface area contributed by atoms with Gasteiger partial charge in [0.1, 0.15) is 5.75 Å². The van der Waals surface area contributed by atoms with Gasteiger partial charge in [-0.05, 0) is 88.8 Å². The van der Waals surface area contributed by atoms with Crippen molar-refractivity contribution in [1.29, 1.82) is 0 Å². The number of allylic oxidation sites excluding steroid dienone is 2. The van der Waals surface area contributed by atoms with E-state index in [1.54, 1.807) is 18.2 Å². The summed E-state index contributed by atoms with van der Waals surface area (Å²) >= 11 is 0. The summed E-state index contributed by atoms with van der Waals surface area (Å²) in [7, 11) is 2.02. The van der Waals surface area contributed by atoms with Crippen molar-refractivity contribution in [3.05, 3.63) is 46.8 Å². The Hall–Kier alpha value is -2.18. The van der Waals surface area contributed by atoms with Gasteiger partial charge >= 0.3 is 0 Å². The third-order valence-corrected chi connectivity index (χ3v) is 6.17. The van der Waals surface area contributed by atoms with Gasteiger partial charge in [0.25, 0.3) is 0 Å². The Morgan fingerprint density at radius 1 is 1.14 bits per heavy atom. The Balaban J connectivity index is 1.78. The van der Waals surface area contributed by atoms with Crippen molar-refractivity contribution in [3.63, 3.8) is 0 Å². The number of phenolic OH excluding ortho intramolecular Hbond substituents is 1. The van der Waals surface area contributed by atoms with Gasteiger partial charge in [-0.25, -0.2) is 0 Å². The van der Waals surface area contributed by atoms with Crippen LogP contribution in [0.4, 0.5) is 0 Å². The van der Waals surface area contributed by atoms with Gasteiger partial charge < -0.3 is 31.9 Å². The van der Waals surface area contributed by atoms with Crippen LogP contribution >= 0.6 is 0 Å². The minimum Gasteiger partial charge on any atom is -0.507 e. The van der Waals surface area contributed by atoms with Gasteiger partial charge in [-0.3, -0.25) is 0 Å². The number of piperidine rings is 1. The number of nitrogens with two attached hydrogens (primary N) is 2. The van der Waals surface area contributed by atoms with Crippen LogP contribution in [-0.2, 0) is 6.42 Å². The highest BCUT2D eigenvalue weighted by Gasteiger charge is 2.39. The Kier molecular flexibility index (Phi) is 5.62. The van der Waals surface area contributed by atoms with Crippen molar-refractivity contribution >= 4 is 5.70 Å². The fourth-order valence-electron chi connectivity index (χ4n) is 4.99. The molecule has 0 amide bonds. The second kappa shape index (κ2) is 7.58. The van der Waals surface area contributed by atoms with Crippen molar-refractivity contribution in [3.8, 4) is 5.75 Å². The van der Waals surface area contributed by atoms with Crippen LogP contribution in [0.3, 0.4) is 0 Å². The molecule has 29 heavy (non-hydrogen) atoms. The maximum atomic E-state index is 10.4. The maximum absolute atomic E-state index is 10.4. The summed E-state index contributed by atoms with van der Waals surface area (Å²) in [5, 5.41) is 24.0. The van der Waals surface area contributed by atoms with Crippen LogP contribution in [0.5, 0.6) is 5.75 Å². The number of hydrogen-bond donors (Lipinski definition) is 5. The molecule has 6 heteroatoms. The lowest BCUT2D eigenvalue weighted by molar-refractivity contribution is 0.0981. The first-order valence-corrected chi connectivity index (χ1v) is 10.4. The molecule has 1 aromatic carbocycles. The van der Waals surface area contributed by atoms with Gasteiger partial charge in [0, 0.05) is 35.4 Å². The quantitative estimate of drug-likeness (QED) is 0.498. The number of aromatic hydroxyl groups is 1. The Morgan fingerprint density at radius 2 is 1.76 bits per heavy atom. The molecule has 1 atom stereocenters. The van der Waals surface area contributed by atoms with Crippen LogP contribution in [-0.4, -0.2) is 39.3 Å². The summed E-state index contributed by atoms with van der Waals surface area (Å²) in [6.45, 7) is 8.89. The summed E-state index contributed by atoms with van der Waals surface area (Å²) < 4.78 is 0. The molecule has 2 aliphatic rings. The lowest BCUT2D eigenvalue weighted by Gasteiger charge is -2.49. The number of hydrogen-bond acceptors (Lipinski definition) is 6. The lowest BCUT2D eigenvalue weighted by atomic mass is 9.79. The van der Waals surface area contributed by atoms with Crippen LogP contribution in [0.1, 0.15) is 69.8 Å². The number of nitrogens with one attached hydrogen (secondary N) is 1. The van der Waals surface area contributed by atoms with E-state index in [9.17, 15) is 10.2 Å². The monoisotopic (exact) mass is 400 g/mol. The number of aliphatic hydroxyl groups is 1. The van der Waals surface area contributed by atoms with Crippen molar-refractivity contribution in [2.24, 2.45) is 11.5 Å². The fraction of sp³-hybridized carbons (Fsp3) is 0.565. The molecule has 0 spiro atoms. The van der Waals surface area contributed by atoms with E-state index in [2.05, 4.69) is 37.9 Å². The smallest absolute Gasteiger partial charge is 0.125 e. The molecule has 1 fully saturated rings. The molecule has 6 nitrogen and oxygen atoms in total. The SMILES string of the molecule is CN(/C(N)=C/C=C(\N)c1cc2c(cc1O)C(O)CC2)C1CC(C)(C)NC(C)(C)C1. The predicted octanol–water partition coefficient (Wildman–Crippen LogP) is 2.71. The average Bonchev–Trinajstić information content (AvgIpc) is 2.95. The molecule has 1 heterocycles. The fourth-order valence-corrected chi connectivity index (χ4v) is 4.99. The largest absolute Gasteiger partial charge is 0.507 e. The number of phenols is 1. The highest BCUT2D eigenvalue weighted by Crippen LogP contribution is 2.37. The lowest BCUT2D eigenvalue weighted by Crippen LogP contribution is -2.61. The summed E-state index contributed by atoms with van der Waals surface area (Å²) in [6, 6.07) is 3.82. The van der Waals surface area contributed by atoms with Crippen molar-refractivity contribution < 1.29 is 10.2 Å². The molecule has 1 unspecified atom stereocenters. The van der Waals surface area contributed by atoms with Crippen LogP contribution in [0.2, 0.25) is 0 Å². The molecular weight excluding hydrogens is 364 g/mol. The average molecular weight is 401 g/mol. The third kappa shape index (κ3) is 4.70. The van der Waals surface area contributed by atoms with E-state index in [0.717, 1.165) is 30.4 Å². The first kappa shape index (κ1) is 21.5. The van der Waals surface area contributed by atoms with Crippen molar-refractivity contribution in [1.82, 2.24) is 10.2 Å². The Morgan fingerprint density at radius 3 is 2.38 bits per heavy atom. The first-order chi connectivity index (χ1) is 13.4. The minimum absolute atomic E-state index is 0.0383. The van der Waals surface area contributed by atoms with Crippen LogP contribution < -0.4 is 16.8 Å². The van der Waals surface area contributed by atoms with E-state index < -0.39 is 6.10 Å². The molecule has 3 rings (SSSR count). The molecule has 1 aliphatic heterocycles. The zero-order valence-corrected chi connectivity index (χ0v) is 18.3. The minimum atomic E-state index is -0.502. The molecule has 0 saturated carbocycles. The van der Waals surface area contributed by atoms with E-state index in [-0.39, 0.29) is 16.8 Å². The molecular formula is C23H36N4O2. The van der Waals surface area contributed by atoms with Gasteiger partial charge in [0.05, 0.1) is 11.9 Å². The molecule has 7 N–H and O–H groups in total. The highest BCUT2D eigenvalue weighted by atomic mass is 16.3. The van der Waals surface area contributed by atoms with Gasteiger partial charge in [-0.1, -0.05) is 0 Å². The van der Waals surface area contributed by atoms with Gasteiger partial charge in [-0.2, -0.15) is 0 Å². The van der Waals surface area contributed by atoms with Crippen LogP contribution in [0.15, 0.2) is 30.1 Å². The number of aryl methyl sites for hydroxylation is 1. The summed E-state index contributed by atoms with van der Waals surface area (Å²) in [5.74, 6) is 0.725. The summed E-state index contributed by atoms with van der Waals surface area (Å²) in [4.78, 5) is 2.12.